The SMILES string of the molecule is CC#CC(C)Oc1cccnc1. The molecule has 0 bridgehead atoms. The summed E-state index contributed by atoms with van der Waals surface area (Å²) in [5, 5.41) is 0. The molecule has 0 spiro atoms. The van der Waals surface area contributed by atoms with E-state index in [9.17, 15) is 0 Å². The number of pyridine rings is 1. The molecule has 1 unspecified atom stereocenters. The van der Waals surface area contributed by atoms with E-state index in [0.29, 0.717) is 0 Å². The van der Waals surface area contributed by atoms with Crippen molar-refractivity contribution in [3.63, 3.8) is 0 Å². The first-order chi connectivity index (χ1) is 5.83. The lowest BCUT2D eigenvalue weighted by Gasteiger charge is -2.07. The molecular formula is C10H11NO. The summed E-state index contributed by atoms with van der Waals surface area (Å²) in [5.74, 6) is 6.44. The molecule has 0 aliphatic rings. The normalized spacial score (nSPS) is 11.2. The van der Waals surface area contributed by atoms with E-state index in [4.69, 9.17) is 4.74 Å². The second-order valence-electron chi connectivity index (χ2n) is 2.34. The summed E-state index contributed by atoms with van der Waals surface area (Å²) in [6.45, 7) is 3.70. The summed E-state index contributed by atoms with van der Waals surface area (Å²) < 4.78 is 5.42. The van der Waals surface area contributed by atoms with E-state index in [1.165, 1.54) is 0 Å². The molecule has 2 nitrogen and oxygen atoms in total. The van der Waals surface area contributed by atoms with Crippen molar-refractivity contribution in [1.29, 1.82) is 0 Å². The van der Waals surface area contributed by atoms with Crippen LogP contribution in [0.1, 0.15) is 13.8 Å². The van der Waals surface area contributed by atoms with Gasteiger partial charge in [0, 0.05) is 6.20 Å². The third-order valence-electron chi connectivity index (χ3n) is 1.29. The molecule has 0 aromatic carbocycles. The van der Waals surface area contributed by atoms with Gasteiger partial charge in [-0.2, -0.15) is 0 Å². The molecule has 0 saturated carbocycles. The maximum absolute atomic E-state index is 5.42. The summed E-state index contributed by atoms with van der Waals surface area (Å²) in [7, 11) is 0. The van der Waals surface area contributed by atoms with Crippen LogP contribution in [0.25, 0.3) is 0 Å². The van der Waals surface area contributed by atoms with Crippen LogP contribution < -0.4 is 4.74 Å². The zero-order valence-corrected chi connectivity index (χ0v) is 7.24. The second-order valence-corrected chi connectivity index (χ2v) is 2.34. The van der Waals surface area contributed by atoms with Gasteiger partial charge in [-0.3, -0.25) is 4.98 Å². The number of aromatic nitrogens is 1. The van der Waals surface area contributed by atoms with E-state index in [2.05, 4.69) is 16.8 Å². The quantitative estimate of drug-likeness (QED) is 0.618. The Bertz CT molecular complexity index is 284. The Labute approximate surface area is 72.6 Å². The highest BCUT2D eigenvalue weighted by Gasteiger charge is 1.97. The number of hydrogen-bond donors (Lipinski definition) is 0. The van der Waals surface area contributed by atoms with Gasteiger partial charge in [-0.15, -0.1) is 5.92 Å². The van der Waals surface area contributed by atoms with Crippen molar-refractivity contribution < 1.29 is 4.74 Å². The van der Waals surface area contributed by atoms with E-state index < -0.39 is 0 Å². The Hall–Kier alpha value is -1.49. The highest BCUT2D eigenvalue weighted by atomic mass is 16.5. The molecule has 62 valence electrons. The smallest absolute Gasteiger partial charge is 0.156 e. The first-order valence-corrected chi connectivity index (χ1v) is 3.82. The summed E-state index contributed by atoms with van der Waals surface area (Å²) >= 11 is 0. The van der Waals surface area contributed by atoms with Crippen LogP contribution in [0.15, 0.2) is 24.5 Å². The van der Waals surface area contributed by atoms with E-state index in [1.54, 1.807) is 19.3 Å². The van der Waals surface area contributed by atoms with Crippen molar-refractivity contribution in [3.8, 4) is 17.6 Å². The lowest BCUT2D eigenvalue weighted by atomic mass is 10.4. The Morgan fingerprint density at radius 1 is 1.58 bits per heavy atom. The maximum atomic E-state index is 5.42. The van der Waals surface area contributed by atoms with Crippen LogP contribution in [0.3, 0.4) is 0 Å². The van der Waals surface area contributed by atoms with E-state index in [0.717, 1.165) is 5.75 Å². The van der Waals surface area contributed by atoms with Gasteiger partial charge in [0.2, 0.25) is 0 Å². The lowest BCUT2D eigenvalue weighted by Crippen LogP contribution is -2.08. The van der Waals surface area contributed by atoms with Gasteiger partial charge in [0.1, 0.15) is 5.75 Å². The van der Waals surface area contributed by atoms with Crippen molar-refractivity contribution >= 4 is 0 Å². The minimum absolute atomic E-state index is 0.0702. The molecule has 1 heterocycles. The molecule has 0 aliphatic heterocycles. The maximum Gasteiger partial charge on any atom is 0.156 e. The Balaban J connectivity index is 2.56. The minimum atomic E-state index is -0.0702. The number of ether oxygens (including phenoxy) is 1. The van der Waals surface area contributed by atoms with E-state index in [1.807, 2.05) is 19.1 Å². The largest absolute Gasteiger partial charge is 0.476 e. The summed E-state index contributed by atoms with van der Waals surface area (Å²) in [6.07, 6.45) is 3.32. The molecule has 0 aliphatic carbocycles. The average Bonchev–Trinajstić information content (AvgIpc) is 2.06. The second kappa shape index (κ2) is 4.40. The zero-order chi connectivity index (χ0) is 8.81. The molecular weight excluding hydrogens is 150 g/mol. The fraction of sp³-hybridized carbons (Fsp3) is 0.300. The molecule has 0 saturated heterocycles. The average molecular weight is 161 g/mol. The predicted octanol–water partition coefficient (Wildman–Crippen LogP) is 1.87. The topological polar surface area (TPSA) is 22.1 Å². The van der Waals surface area contributed by atoms with Crippen LogP contribution >= 0.6 is 0 Å². The summed E-state index contributed by atoms with van der Waals surface area (Å²) in [4.78, 5) is 3.92. The molecule has 1 atom stereocenters. The van der Waals surface area contributed by atoms with Gasteiger partial charge in [-0.1, -0.05) is 5.92 Å². The Kier molecular flexibility index (Phi) is 3.16. The fourth-order valence-corrected chi connectivity index (χ4v) is 0.854. The molecule has 1 aromatic rings. The van der Waals surface area contributed by atoms with Gasteiger partial charge in [0.05, 0.1) is 6.20 Å². The fourth-order valence-electron chi connectivity index (χ4n) is 0.854. The highest BCUT2D eigenvalue weighted by Crippen LogP contribution is 2.07. The number of nitrogens with zero attached hydrogens (tertiary/aromatic N) is 1. The van der Waals surface area contributed by atoms with Crippen LogP contribution in [0.5, 0.6) is 5.75 Å². The van der Waals surface area contributed by atoms with Crippen molar-refractivity contribution in [3.05, 3.63) is 24.5 Å². The van der Waals surface area contributed by atoms with Crippen molar-refractivity contribution in [2.75, 3.05) is 0 Å². The van der Waals surface area contributed by atoms with Gasteiger partial charge in [0.15, 0.2) is 6.10 Å². The summed E-state index contributed by atoms with van der Waals surface area (Å²) in [5.41, 5.74) is 0. The van der Waals surface area contributed by atoms with Crippen molar-refractivity contribution in [2.24, 2.45) is 0 Å². The van der Waals surface area contributed by atoms with Crippen molar-refractivity contribution in [2.45, 2.75) is 20.0 Å². The Morgan fingerprint density at radius 2 is 2.42 bits per heavy atom. The van der Waals surface area contributed by atoms with Gasteiger partial charge >= 0.3 is 0 Å². The molecule has 12 heavy (non-hydrogen) atoms. The standard InChI is InChI=1S/C10H11NO/c1-3-5-9(2)12-10-6-4-7-11-8-10/h4,6-9H,1-2H3. The third kappa shape index (κ3) is 2.63. The molecule has 0 radical (unpaired) electrons. The minimum Gasteiger partial charge on any atom is -0.476 e. The molecule has 0 fully saturated rings. The molecule has 0 amide bonds. The first-order valence-electron chi connectivity index (χ1n) is 3.82. The van der Waals surface area contributed by atoms with Gasteiger partial charge in [-0.25, -0.2) is 0 Å². The van der Waals surface area contributed by atoms with Crippen LogP contribution in [0, 0.1) is 11.8 Å². The molecule has 1 rings (SSSR count). The Morgan fingerprint density at radius 3 is 3.00 bits per heavy atom. The number of hydrogen-bond acceptors (Lipinski definition) is 2. The van der Waals surface area contributed by atoms with E-state index >= 15 is 0 Å². The van der Waals surface area contributed by atoms with Gasteiger partial charge in [-0.05, 0) is 26.0 Å². The van der Waals surface area contributed by atoms with Crippen molar-refractivity contribution in [1.82, 2.24) is 4.98 Å². The first kappa shape index (κ1) is 8.61. The van der Waals surface area contributed by atoms with Crippen LogP contribution in [-0.2, 0) is 0 Å². The van der Waals surface area contributed by atoms with Gasteiger partial charge < -0.3 is 4.74 Å². The van der Waals surface area contributed by atoms with Gasteiger partial charge in [0.25, 0.3) is 0 Å². The monoisotopic (exact) mass is 161 g/mol. The van der Waals surface area contributed by atoms with E-state index in [-0.39, 0.29) is 6.10 Å². The lowest BCUT2D eigenvalue weighted by molar-refractivity contribution is 0.278. The summed E-state index contributed by atoms with van der Waals surface area (Å²) in [6, 6.07) is 3.70. The van der Waals surface area contributed by atoms with Crippen LogP contribution in [-0.4, -0.2) is 11.1 Å². The molecule has 0 N–H and O–H groups in total. The van der Waals surface area contributed by atoms with Crippen LogP contribution in [0.4, 0.5) is 0 Å². The third-order valence-corrected chi connectivity index (χ3v) is 1.29. The predicted molar refractivity (Wildman–Crippen MR) is 47.8 cm³/mol. The highest BCUT2D eigenvalue weighted by molar-refractivity contribution is 5.17. The van der Waals surface area contributed by atoms with Crippen LogP contribution in [0.2, 0.25) is 0 Å². The zero-order valence-electron chi connectivity index (χ0n) is 7.24. The molecule has 1 aromatic heterocycles. The molecule has 2 heteroatoms. The number of rotatable bonds is 2.